The minimum Gasteiger partial charge on any atom is -0.350 e. The standard InChI is InChI=1S/C21H28N2O3S/c1-6-8-16(4)22-21(24)18-12-11-15(3)20(13-18)27(25,26)23-19-10-7-9-14(2)17(19)5/h7,9-13,16,23H,6,8H2,1-5H3,(H,22,24)/t16-/m0/s1. The lowest BCUT2D eigenvalue weighted by molar-refractivity contribution is 0.0938. The van der Waals surface area contributed by atoms with Crippen molar-refractivity contribution in [2.75, 3.05) is 4.72 Å². The Balaban J connectivity index is 2.34. The fourth-order valence-electron chi connectivity index (χ4n) is 2.90. The number of amides is 1. The first-order valence-corrected chi connectivity index (χ1v) is 10.6. The first-order valence-electron chi connectivity index (χ1n) is 9.16. The fourth-order valence-corrected chi connectivity index (χ4v) is 4.30. The molecule has 0 saturated carbocycles. The average Bonchev–Trinajstić information content (AvgIpc) is 2.59. The molecule has 0 aliphatic carbocycles. The number of hydrogen-bond donors (Lipinski definition) is 2. The molecule has 0 unspecified atom stereocenters. The van der Waals surface area contributed by atoms with Crippen LogP contribution >= 0.6 is 0 Å². The van der Waals surface area contributed by atoms with Crippen molar-refractivity contribution in [2.45, 2.75) is 58.4 Å². The van der Waals surface area contributed by atoms with E-state index in [4.69, 9.17) is 0 Å². The van der Waals surface area contributed by atoms with Gasteiger partial charge in [0.15, 0.2) is 0 Å². The van der Waals surface area contributed by atoms with Gasteiger partial charge in [-0.1, -0.05) is 31.5 Å². The highest BCUT2D eigenvalue weighted by atomic mass is 32.2. The van der Waals surface area contributed by atoms with Gasteiger partial charge in [-0.25, -0.2) is 8.42 Å². The molecule has 5 nitrogen and oxygen atoms in total. The Morgan fingerprint density at radius 3 is 2.44 bits per heavy atom. The highest BCUT2D eigenvalue weighted by molar-refractivity contribution is 7.92. The molecule has 1 atom stereocenters. The van der Waals surface area contributed by atoms with Gasteiger partial charge in [0.05, 0.1) is 10.6 Å². The molecule has 2 N–H and O–H groups in total. The lowest BCUT2D eigenvalue weighted by Gasteiger charge is -2.16. The van der Waals surface area contributed by atoms with Crippen molar-refractivity contribution in [3.8, 4) is 0 Å². The molecule has 0 radical (unpaired) electrons. The zero-order chi connectivity index (χ0) is 20.2. The Kier molecular flexibility index (Phi) is 6.65. The van der Waals surface area contributed by atoms with E-state index >= 15 is 0 Å². The summed E-state index contributed by atoms with van der Waals surface area (Å²) in [5.74, 6) is -0.265. The monoisotopic (exact) mass is 388 g/mol. The molecule has 0 saturated heterocycles. The molecule has 6 heteroatoms. The quantitative estimate of drug-likeness (QED) is 0.741. The lowest BCUT2D eigenvalue weighted by Crippen LogP contribution is -2.32. The number of sulfonamides is 1. The second-order valence-corrected chi connectivity index (χ2v) is 8.65. The van der Waals surface area contributed by atoms with Crippen LogP contribution in [-0.2, 0) is 10.0 Å². The molecule has 2 aromatic carbocycles. The summed E-state index contributed by atoms with van der Waals surface area (Å²) in [6.07, 6.45) is 1.84. The molecule has 0 aromatic heterocycles. The fraction of sp³-hybridized carbons (Fsp3) is 0.381. The zero-order valence-electron chi connectivity index (χ0n) is 16.6. The molecule has 0 spiro atoms. The first kappa shape index (κ1) is 21.0. The largest absolute Gasteiger partial charge is 0.350 e. The van der Waals surface area contributed by atoms with Crippen LogP contribution in [0.5, 0.6) is 0 Å². The van der Waals surface area contributed by atoms with Crippen LogP contribution < -0.4 is 10.0 Å². The van der Waals surface area contributed by atoms with Crippen LogP contribution in [0.15, 0.2) is 41.3 Å². The van der Waals surface area contributed by atoms with Gasteiger partial charge in [-0.3, -0.25) is 9.52 Å². The van der Waals surface area contributed by atoms with Crippen LogP contribution in [0.1, 0.15) is 53.7 Å². The van der Waals surface area contributed by atoms with Crippen LogP contribution in [0, 0.1) is 20.8 Å². The van der Waals surface area contributed by atoms with Crippen molar-refractivity contribution in [1.82, 2.24) is 5.32 Å². The SMILES string of the molecule is CCC[C@H](C)NC(=O)c1ccc(C)c(S(=O)(=O)Nc2cccc(C)c2C)c1. The number of aryl methyl sites for hydroxylation is 2. The number of anilines is 1. The highest BCUT2D eigenvalue weighted by Crippen LogP contribution is 2.24. The molecular formula is C21H28N2O3S. The summed E-state index contributed by atoms with van der Waals surface area (Å²) < 4.78 is 28.5. The molecule has 2 aromatic rings. The van der Waals surface area contributed by atoms with E-state index in [1.165, 1.54) is 6.07 Å². The van der Waals surface area contributed by atoms with Gasteiger partial charge in [-0.2, -0.15) is 0 Å². The molecule has 1 amide bonds. The maximum absolute atomic E-state index is 12.9. The Morgan fingerprint density at radius 1 is 1.07 bits per heavy atom. The van der Waals surface area contributed by atoms with Crippen LogP contribution in [0.2, 0.25) is 0 Å². The molecule has 0 aliphatic heterocycles. The summed E-state index contributed by atoms with van der Waals surface area (Å²) in [4.78, 5) is 12.6. The molecule has 27 heavy (non-hydrogen) atoms. The smallest absolute Gasteiger partial charge is 0.262 e. The van der Waals surface area contributed by atoms with E-state index in [1.54, 1.807) is 25.1 Å². The third-order valence-electron chi connectivity index (χ3n) is 4.69. The maximum Gasteiger partial charge on any atom is 0.262 e. The Hall–Kier alpha value is -2.34. The number of rotatable bonds is 7. The molecule has 2 rings (SSSR count). The molecule has 0 aliphatic rings. The van der Waals surface area contributed by atoms with Crippen LogP contribution in [0.3, 0.4) is 0 Å². The number of nitrogens with one attached hydrogen (secondary N) is 2. The van der Waals surface area contributed by atoms with Crippen molar-refractivity contribution in [3.63, 3.8) is 0 Å². The summed E-state index contributed by atoms with van der Waals surface area (Å²) in [5.41, 5.74) is 3.35. The maximum atomic E-state index is 12.9. The van der Waals surface area contributed by atoms with E-state index in [-0.39, 0.29) is 16.8 Å². The molecule has 0 heterocycles. The van der Waals surface area contributed by atoms with Gasteiger partial charge >= 0.3 is 0 Å². The van der Waals surface area contributed by atoms with E-state index in [9.17, 15) is 13.2 Å². The Labute approximate surface area is 162 Å². The second-order valence-electron chi connectivity index (χ2n) is 7.00. The molecule has 0 fully saturated rings. The second kappa shape index (κ2) is 8.57. The van der Waals surface area contributed by atoms with E-state index < -0.39 is 10.0 Å². The molecular weight excluding hydrogens is 360 g/mol. The normalized spacial score (nSPS) is 12.5. The van der Waals surface area contributed by atoms with Crippen molar-refractivity contribution >= 4 is 21.6 Å². The third-order valence-corrected chi connectivity index (χ3v) is 6.20. The van der Waals surface area contributed by atoms with Crippen LogP contribution in [0.25, 0.3) is 0 Å². The minimum atomic E-state index is -3.81. The molecule has 0 bridgehead atoms. The Morgan fingerprint density at radius 2 is 1.78 bits per heavy atom. The van der Waals surface area contributed by atoms with Crippen LogP contribution in [-0.4, -0.2) is 20.4 Å². The zero-order valence-corrected chi connectivity index (χ0v) is 17.4. The summed E-state index contributed by atoms with van der Waals surface area (Å²) in [6, 6.07) is 10.3. The topological polar surface area (TPSA) is 75.3 Å². The number of benzene rings is 2. The van der Waals surface area contributed by atoms with Crippen LogP contribution in [0.4, 0.5) is 5.69 Å². The van der Waals surface area contributed by atoms with Gasteiger partial charge in [-0.15, -0.1) is 0 Å². The summed E-state index contributed by atoms with van der Waals surface area (Å²) in [6.45, 7) is 9.52. The highest BCUT2D eigenvalue weighted by Gasteiger charge is 2.20. The molecule has 146 valence electrons. The van der Waals surface area contributed by atoms with Crippen molar-refractivity contribution in [3.05, 3.63) is 58.7 Å². The van der Waals surface area contributed by atoms with E-state index in [0.29, 0.717) is 16.8 Å². The van der Waals surface area contributed by atoms with Gasteiger partial charge in [0.1, 0.15) is 0 Å². The minimum absolute atomic E-state index is 0.0388. The summed E-state index contributed by atoms with van der Waals surface area (Å²) in [7, 11) is -3.81. The summed E-state index contributed by atoms with van der Waals surface area (Å²) in [5, 5.41) is 2.91. The third kappa shape index (κ3) is 5.10. The predicted octanol–water partition coefficient (Wildman–Crippen LogP) is 4.33. The van der Waals surface area contributed by atoms with E-state index in [1.807, 2.05) is 32.9 Å². The number of carbonyl (C=O) groups is 1. The van der Waals surface area contributed by atoms with Gasteiger partial charge in [0, 0.05) is 11.6 Å². The van der Waals surface area contributed by atoms with Gasteiger partial charge in [-0.05, 0) is 69.0 Å². The van der Waals surface area contributed by atoms with Gasteiger partial charge < -0.3 is 5.32 Å². The predicted molar refractivity (Wildman–Crippen MR) is 110 cm³/mol. The lowest BCUT2D eigenvalue weighted by atomic mass is 10.1. The first-order chi connectivity index (χ1) is 12.7. The number of carbonyl (C=O) groups excluding carboxylic acids is 1. The van der Waals surface area contributed by atoms with Crippen molar-refractivity contribution in [1.29, 1.82) is 0 Å². The van der Waals surface area contributed by atoms with Crippen molar-refractivity contribution < 1.29 is 13.2 Å². The van der Waals surface area contributed by atoms with Gasteiger partial charge in [0.25, 0.3) is 15.9 Å². The average molecular weight is 389 g/mol. The van der Waals surface area contributed by atoms with E-state index in [0.717, 1.165) is 24.0 Å². The van der Waals surface area contributed by atoms with E-state index in [2.05, 4.69) is 17.0 Å². The van der Waals surface area contributed by atoms with Crippen molar-refractivity contribution in [2.24, 2.45) is 0 Å². The Bertz CT molecular complexity index is 936. The van der Waals surface area contributed by atoms with Gasteiger partial charge in [0.2, 0.25) is 0 Å². The summed E-state index contributed by atoms with van der Waals surface area (Å²) >= 11 is 0. The number of hydrogen-bond acceptors (Lipinski definition) is 3.